The first-order valence-corrected chi connectivity index (χ1v) is 8.14. The number of aromatic hydroxyl groups is 1. The number of nitrogens with one attached hydrogen (secondary N) is 2. The maximum atomic E-state index is 10.5. The number of hydrogen-bond acceptors (Lipinski definition) is 2. The van der Waals surface area contributed by atoms with Crippen LogP contribution in [0.3, 0.4) is 0 Å². The highest BCUT2D eigenvalue weighted by Crippen LogP contribution is 2.37. The van der Waals surface area contributed by atoms with Crippen molar-refractivity contribution in [3.05, 3.63) is 72.9 Å². The minimum Gasteiger partial charge on any atom is -0.494 e. The molecule has 0 unspecified atom stereocenters. The summed E-state index contributed by atoms with van der Waals surface area (Å²) >= 11 is 0. The van der Waals surface area contributed by atoms with Gasteiger partial charge in [0.1, 0.15) is 0 Å². The Kier molecular flexibility index (Phi) is 2.91. The number of aromatic nitrogens is 3. The van der Waals surface area contributed by atoms with E-state index in [4.69, 9.17) is 4.98 Å². The summed E-state index contributed by atoms with van der Waals surface area (Å²) in [4.78, 5) is 11.0. The molecule has 5 rings (SSSR count). The van der Waals surface area contributed by atoms with E-state index in [-0.39, 0.29) is 5.88 Å². The van der Waals surface area contributed by atoms with E-state index in [0.717, 1.165) is 44.3 Å². The Bertz CT molecular complexity index is 1200. The highest BCUT2D eigenvalue weighted by molar-refractivity contribution is 6.00. The molecule has 0 atom stereocenters. The molecule has 0 saturated heterocycles. The predicted octanol–water partition coefficient (Wildman–Crippen LogP) is 5.08. The number of pyridine rings is 1. The Hall–Kier alpha value is -3.53. The molecule has 0 radical (unpaired) electrons. The maximum Gasteiger partial charge on any atom is 0.199 e. The minimum absolute atomic E-state index is 0.140. The summed E-state index contributed by atoms with van der Waals surface area (Å²) in [6.45, 7) is 0. The van der Waals surface area contributed by atoms with E-state index in [1.54, 1.807) is 0 Å². The van der Waals surface area contributed by atoms with Gasteiger partial charge in [-0.3, -0.25) is 0 Å². The second-order valence-electron chi connectivity index (χ2n) is 6.08. The summed E-state index contributed by atoms with van der Waals surface area (Å²) in [5.74, 6) is 0.140. The Labute approximate surface area is 143 Å². The lowest BCUT2D eigenvalue weighted by Crippen LogP contribution is -1.85. The summed E-state index contributed by atoms with van der Waals surface area (Å²) in [6, 6.07) is 22.0. The molecule has 0 fully saturated rings. The van der Waals surface area contributed by atoms with Crippen molar-refractivity contribution >= 4 is 21.8 Å². The van der Waals surface area contributed by atoms with Crippen LogP contribution < -0.4 is 0 Å². The second-order valence-corrected chi connectivity index (χ2v) is 6.08. The van der Waals surface area contributed by atoms with Crippen molar-refractivity contribution in [2.45, 2.75) is 0 Å². The van der Waals surface area contributed by atoms with Crippen LogP contribution in [0.5, 0.6) is 5.88 Å². The highest BCUT2D eigenvalue weighted by atomic mass is 16.3. The molecule has 3 N–H and O–H groups in total. The highest BCUT2D eigenvalue weighted by Gasteiger charge is 2.15. The normalized spacial score (nSPS) is 11.4. The first kappa shape index (κ1) is 13.9. The zero-order valence-electron chi connectivity index (χ0n) is 13.3. The van der Waals surface area contributed by atoms with Crippen LogP contribution in [0, 0.1) is 0 Å². The lowest BCUT2D eigenvalue weighted by molar-refractivity contribution is 0.460. The number of rotatable bonds is 2. The van der Waals surface area contributed by atoms with Gasteiger partial charge in [0.05, 0.1) is 16.8 Å². The Morgan fingerprint density at radius 3 is 2.68 bits per heavy atom. The fourth-order valence-corrected chi connectivity index (χ4v) is 3.33. The monoisotopic (exact) mass is 325 g/mol. The molecule has 0 aliphatic carbocycles. The van der Waals surface area contributed by atoms with E-state index in [1.165, 1.54) is 0 Å². The number of fused-ring (bicyclic) bond motifs is 2. The molecule has 0 saturated carbocycles. The third-order valence-corrected chi connectivity index (χ3v) is 4.54. The lowest BCUT2D eigenvalue weighted by Gasteiger charge is -2.03. The van der Waals surface area contributed by atoms with E-state index in [2.05, 4.69) is 9.97 Å². The summed E-state index contributed by atoms with van der Waals surface area (Å²) < 4.78 is 0. The Morgan fingerprint density at radius 2 is 1.80 bits per heavy atom. The van der Waals surface area contributed by atoms with Crippen molar-refractivity contribution in [3.8, 4) is 28.4 Å². The van der Waals surface area contributed by atoms with Crippen LogP contribution in [-0.4, -0.2) is 20.1 Å². The van der Waals surface area contributed by atoms with Crippen molar-refractivity contribution in [2.24, 2.45) is 0 Å². The topological polar surface area (TPSA) is 64.7 Å². The average Bonchev–Trinajstić information content (AvgIpc) is 3.27. The summed E-state index contributed by atoms with van der Waals surface area (Å²) in [5.41, 5.74) is 5.40. The van der Waals surface area contributed by atoms with Gasteiger partial charge in [0.2, 0.25) is 0 Å². The molecule has 3 heterocycles. The predicted molar refractivity (Wildman–Crippen MR) is 100 cm³/mol. The van der Waals surface area contributed by atoms with Crippen LogP contribution in [0.25, 0.3) is 44.3 Å². The zero-order valence-corrected chi connectivity index (χ0v) is 13.3. The van der Waals surface area contributed by atoms with Crippen molar-refractivity contribution in [1.82, 2.24) is 15.0 Å². The van der Waals surface area contributed by atoms with E-state index in [0.29, 0.717) is 0 Å². The number of benzene rings is 2. The molecule has 4 heteroatoms. The van der Waals surface area contributed by atoms with Gasteiger partial charge in [-0.15, -0.1) is 0 Å². The first-order valence-electron chi connectivity index (χ1n) is 8.14. The minimum atomic E-state index is 0.140. The zero-order chi connectivity index (χ0) is 16.8. The summed E-state index contributed by atoms with van der Waals surface area (Å²) in [5, 5.41) is 12.5. The molecule has 0 amide bonds. The molecule has 0 aliphatic heterocycles. The van der Waals surface area contributed by atoms with Gasteiger partial charge in [-0.2, -0.15) is 0 Å². The van der Waals surface area contributed by atoms with E-state index in [9.17, 15) is 5.11 Å². The van der Waals surface area contributed by atoms with Crippen LogP contribution in [0.15, 0.2) is 72.9 Å². The van der Waals surface area contributed by atoms with Crippen LogP contribution in [0.2, 0.25) is 0 Å². The van der Waals surface area contributed by atoms with Crippen molar-refractivity contribution < 1.29 is 5.11 Å². The van der Waals surface area contributed by atoms with E-state index >= 15 is 0 Å². The van der Waals surface area contributed by atoms with Crippen LogP contribution in [0.4, 0.5) is 0 Å². The van der Waals surface area contributed by atoms with Crippen LogP contribution in [-0.2, 0) is 0 Å². The Balaban J connectivity index is 1.71. The van der Waals surface area contributed by atoms with E-state index < -0.39 is 0 Å². The largest absolute Gasteiger partial charge is 0.494 e. The van der Waals surface area contributed by atoms with Gasteiger partial charge in [0.25, 0.3) is 0 Å². The van der Waals surface area contributed by atoms with E-state index in [1.807, 2.05) is 72.9 Å². The third-order valence-electron chi connectivity index (χ3n) is 4.54. The number of aromatic amines is 2. The molecule has 25 heavy (non-hydrogen) atoms. The van der Waals surface area contributed by atoms with Gasteiger partial charge in [-0.1, -0.05) is 36.4 Å². The molecule has 0 aliphatic rings. The molecule has 120 valence electrons. The number of para-hydroxylation sites is 1. The van der Waals surface area contributed by atoms with Gasteiger partial charge >= 0.3 is 0 Å². The molecule has 0 spiro atoms. The van der Waals surface area contributed by atoms with Crippen LogP contribution in [0.1, 0.15) is 0 Å². The van der Waals surface area contributed by atoms with Gasteiger partial charge in [-0.25, -0.2) is 4.98 Å². The fourth-order valence-electron chi connectivity index (χ4n) is 3.33. The number of nitrogens with zero attached hydrogens (tertiary/aromatic N) is 1. The molecule has 0 bridgehead atoms. The quantitative estimate of drug-likeness (QED) is 0.423. The van der Waals surface area contributed by atoms with Crippen LogP contribution >= 0.6 is 0 Å². The molecule has 4 nitrogen and oxygen atoms in total. The van der Waals surface area contributed by atoms with Crippen molar-refractivity contribution in [3.63, 3.8) is 0 Å². The second kappa shape index (κ2) is 5.24. The number of hydrogen-bond donors (Lipinski definition) is 3. The lowest BCUT2D eigenvalue weighted by atomic mass is 10.0. The SMILES string of the molecule is Oc1[nH]c2cc(-c3ccc[nH]3)ccc2c1-c1ccc2ccccc2n1. The molecular formula is C21H15N3O. The maximum absolute atomic E-state index is 10.5. The molecule has 2 aromatic carbocycles. The van der Waals surface area contributed by atoms with Crippen molar-refractivity contribution in [1.29, 1.82) is 0 Å². The standard InChI is InChI=1S/C21H15N3O/c25-21-20(18-10-8-13-4-1-2-5-17(13)23-18)15-9-7-14(12-19(15)24-21)16-6-3-11-22-16/h1-12,22,24-25H. The van der Waals surface area contributed by atoms with Gasteiger partial charge < -0.3 is 15.1 Å². The van der Waals surface area contributed by atoms with Gasteiger partial charge in [-0.05, 0) is 30.3 Å². The number of H-pyrrole nitrogens is 2. The first-order chi connectivity index (χ1) is 12.3. The average molecular weight is 325 g/mol. The summed E-state index contributed by atoms with van der Waals surface area (Å²) in [7, 11) is 0. The Morgan fingerprint density at radius 1 is 0.880 bits per heavy atom. The van der Waals surface area contributed by atoms with Gasteiger partial charge in [0, 0.05) is 33.7 Å². The van der Waals surface area contributed by atoms with Gasteiger partial charge in [0.15, 0.2) is 5.88 Å². The van der Waals surface area contributed by atoms with Crippen molar-refractivity contribution in [2.75, 3.05) is 0 Å². The summed E-state index contributed by atoms with van der Waals surface area (Å²) in [6.07, 6.45) is 1.90. The molecule has 5 aromatic rings. The molecular weight excluding hydrogens is 310 g/mol. The third kappa shape index (κ3) is 2.19. The fraction of sp³-hybridized carbons (Fsp3) is 0. The smallest absolute Gasteiger partial charge is 0.199 e. The molecule has 3 aromatic heterocycles.